The van der Waals surface area contributed by atoms with Crippen LogP contribution in [0.15, 0.2) is 18.2 Å². The Morgan fingerprint density at radius 2 is 1.90 bits per heavy atom. The molecule has 0 radical (unpaired) electrons. The van der Waals surface area contributed by atoms with Crippen LogP contribution in [-0.2, 0) is 11.2 Å². The van der Waals surface area contributed by atoms with Gasteiger partial charge in [0.05, 0.1) is 12.7 Å². The summed E-state index contributed by atoms with van der Waals surface area (Å²) in [5.74, 6) is 2.44. The van der Waals surface area contributed by atoms with E-state index in [1.807, 2.05) is 12.1 Å². The van der Waals surface area contributed by atoms with Crippen LogP contribution in [0, 0.1) is 17.8 Å². The van der Waals surface area contributed by atoms with Gasteiger partial charge in [0.15, 0.2) is 0 Å². The van der Waals surface area contributed by atoms with Gasteiger partial charge >= 0.3 is 5.97 Å². The molecule has 1 aromatic rings. The summed E-state index contributed by atoms with van der Waals surface area (Å²) in [5, 5.41) is 0. The van der Waals surface area contributed by atoms with E-state index >= 15 is 0 Å². The molecule has 0 heterocycles. The quantitative estimate of drug-likeness (QED) is 0.762. The average molecular weight is 274 g/mol. The summed E-state index contributed by atoms with van der Waals surface area (Å²) in [6, 6.07) is 6.11. The molecule has 0 aromatic heterocycles. The first-order chi connectivity index (χ1) is 9.45. The van der Waals surface area contributed by atoms with E-state index in [2.05, 4.69) is 33.8 Å². The molecule has 0 spiro atoms. The summed E-state index contributed by atoms with van der Waals surface area (Å²) in [5.41, 5.74) is 3.46. The number of hydrogen-bond acceptors (Lipinski definition) is 2. The van der Waals surface area contributed by atoms with Crippen LogP contribution in [-0.4, -0.2) is 13.1 Å². The van der Waals surface area contributed by atoms with Crippen LogP contribution in [0.25, 0.3) is 0 Å². The third-order valence-corrected chi connectivity index (χ3v) is 4.71. The van der Waals surface area contributed by atoms with Crippen LogP contribution in [0.5, 0.6) is 0 Å². The Balaban J connectivity index is 2.41. The molecule has 2 rings (SSSR count). The summed E-state index contributed by atoms with van der Waals surface area (Å²) in [4.78, 5) is 11.7. The van der Waals surface area contributed by atoms with Crippen molar-refractivity contribution in [1.82, 2.24) is 0 Å². The van der Waals surface area contributed by atoms with Crippen LogP contribution in [0.1, 0.15) is 61.5 Å². The molecule has 2 atom stereocenters. The predicted octanol–water partition coefficient (Wildman–Crippen LogP) is 4.43. The molecule has 0 saturated heterocycles. The molecule has 0 aliphatic heterocycles. The van der Waals surface area contributed by atoms with E-state index in [1.165, 1.54) is 24.7 Å². The summed E-state index contributed by atoms with van der Waals surface area (Å²) < 4.78 is 4.82. The maximum Gasteiger partial charge on any atom is 0.337 e. The minimum absolute atomic E-state index is 0.236. The van der Waals surface area contributed by atoms with Crippen molar-refractivity contribution in [2.45, 2.75) is 46.5 Å². The van der Waals surface area contributed by atoms with Crippen LogP contribution in [0.3, 0.4) is 0 Å². The fourth-order valence-electron chi connectivity index (χ4n) is 3.73. The zero-order chi connectivity index (χ0) is 14.9. The topological polar surface area (TPSA) is 26.3 Å². The number of hydrogen-bond donors (Lipinski definition) is 0. The van der Waals surface area contributed by atoms with Gasteiger partial charge in [-0.1, -0.05) is 33.8 Å². The summed E-state index contributed by atoms with van der Waals surface area (Å²) in [6.07, 6.45) is 2.30. The Kier molecular flexibility index (Phi) is 4.52. The maximum atomic E-state index is 11.7. The first-order valence-corrected chi connectivity index (χ1v) is 7.66. The lowest BCUT2D eigenvalue weighted by Crippen LogP contribution is -2.28. The van der Waals surface area contributed by atoms with Crippen LogP contribution >= 0.6 is 0 Å². The lowest BCUT2D eigenvalue weighted by molar-refractivity contribution is 0.0600. The van der Waals surface area contributed by atoms with Crippen molar-refractivity contribution >= 4 is 5.97 Å². The molecule has 1 aliphatic rings. The Bertz CT molecular complexity index is 488. The van der Waals surface area contributed by atoms with Gasteiger partial charge in [-0.25, -0.2) is 4.79 Å². The number of rotatable bonds is 3. The van der Waals surface area contributed by atoms with Crippen molar-refractivity contribution in [3.8, 4) is 0 Å². The van der Waals surface area contributed by atoms with Crippen molar-refractivity contribution in [2.24, 2.45) is 17.8 Å². The number of benzene rings is 1. The van der Waals surface area contributed by atoms with E-state index in [0.29, 0.717) is 23.3 Å². The standard InChI is InChI=1S/C18H26O2/c1-11(2)15-8-6-13-10-14(18(19)20-5)7-9-16(13)17(15)12(3)4/h7,9-12,15,17H,6,8H2,1-5H3. The van der Waals surface area contributed by atoms with E-state index in [4.69, 9.17) is 4.74 Å². The van der Waals surface area contributed by atoms with Gasteiger partial charge in [-0.15, -0.1) is 0 Å². The third-order valence-electron chi connectivity index (χ3n) is 4.71. The Morgan fingerprint density at radius 3 is 2.45 bits per heavy atom. The summed E-state index contributed by atoms with van der Waals surface area (Å²) >= 11 is 0. The smallest absolute Gasteiger partial charge is 0.337 e. The van der Waals surface area contributed by atoms with Gasteiger partial charge in [-0.05, 0) is 59.8 Å². The zero-order valence-corrected chi connectivity index (χ0v) is 13.3. The molecule has 20 heavy (non-hydrogen) atoms. The highest BCUT2D eigenvalue weighted by Gasteiger charge is 2.33. The molecule has 0 amide bonds. The fourth-order valence-corrected chi connectivity index (χ4v) is 3.73. The largest absolute Gasteiger partial charge is 0.465 e. The number of methoxy groups -OCH3 is 1. The predicted molar refractivity (Wildman–Crippen MR) is 82.0 cm³/mol. The number of carbonyl (C=O) groups is 1. The van der Waals surface area contributed by atoms with Crippen LogP contribution < -0.4 is 0 Å². The van der Waals surface area contributed by atoms with Crippen molar-refractivity contribution < 1.29 is 9.53 Å². The van der Waals surface area contributed by atoms with E-state index < -0.39 is 0 Å². The van der Waals surface area contributed by atoms with Gasteiger partial charge in [0.25, 0.3) is 0 Å². The van der Waals surface area contributed by atoms with Gasteiger partial charge in [-0.3, -0.25) is 0 Å². The second kappa shape index (κ2) is 5.99. The second-order valence-corrected chi connectivity index (χ2v) is 6.62. The van der Waals surface area contributed by atoms with E-state index in [9.17, 15) is 4.79 Å². The zero-order valence-electron chi connectivity index (χ0n) is 13.3. The van der Waals surface area contributed by atoms with Gasteiger partial charge < -0.3 is 4.74 Å². The molecule has 0 fully saturated rings. The lowest BCUT2D eigenvalue weighted by Gasteiger charge is -2.39. The van der Waals surface area contributed by atoms with Crippen LogP contribution in [0.4, 0.5) is 0 Å². The Morgan fingerprint density at radius 1 is 1.20 bits per heavy atom. The van der Waals surface area contributed by atoms with Gasteiger partial charge in [0, 0.05) is 0 Å². The van der Waals surface area contributed by atoms with Crippen molar-refractivity contribution in [1.29, 1.82) is 0 Å². The first-order valence-electron chi connectivity index (χ1n) is 7.66. The van der Waals surface area contributed by atoms with Gasteiger partial charge in [0.1, 0.15) is 0 Å². The number of carbonyl (C=O) groups excluding carboxylic acids is 1. The molecule has 2 unspecified atom stereocenters. The Hall–Kier alpha value is -1.31. The van der Waals surface area contributed by atoms with Crippen molar-refractivity contribution in [3.63, 3.8) is 0 Å². The normalized spacial score (nSPS) is 21.9. The summed E-state index contributed by atoms with van der Waals surface area (Å²) in [7, 11) is 1.44. The second-order valence-electron chi connectivity index (χ2n) is 6.62. The van der Waals surface area contributed by atoms with E-state index in [0.717, 1.165) is 12.3 Å². The lowest BCUT2D eigenvalue weighted by atomic mass is 9.66. The molecule has 0 saturated carbocycles. The van der Waals surface area contributed by atoms with Gasteiger partial charge in [-0.2, -0.15) is 0 Å². The fraction of sp³-hybridized carbons (Fsp3) is 0.611. The molecule has 0 N–H and O–H groups in total. The Labute approximate surface area is 122 Å². The highest BCUT2D eigenvalue weighted by atomic mass is 16.5. The number of esters is 1. The molecule has 0 bridgehead atoms. The number of aryl methyl sites for hydroxylation is 1. The van der Waals surface area contributed by atoms with Crippen molar-refractivity contribution in [3.05, 3.63) is 34.9 Å². The molecular weight excluding hydrogens is 248 g/mol. The number of ether oxygens (including phenoxy) is 1. The molecule has 2 heteroatoms. The third kappa shape index (κ3) is 2.74. The molecule has 110 valence electrons. The van der Waals surface area contributed by atoms with Crippen LogP contribution in [0.2, 0.25) is 0 Å². The number of fused-ring (bicyclic) bond motifs is 1. The minimum Gasteiger partial charge on any atom is -0.465 e. The van der Waals surface area contributed by atoms with E-state index in [-0.39, 0.29) is 5.97 Å². The highest BCUT2D eigenvalue weighted by Crippen LogP contribution is 2.44. The molecule has 1 aliphatic carbocycles. The first kappa shape index (κ1) is 15.1. The monoisotopic (exact) mass is 274 g/mol. The minimum atomic E-state index is -0.236. The summed E-state index contributed by atoms with van der Waals surface area (Å²) in [6.45, 7) is 9.27. The SMILES string of the molecule is COC(=O)c1ccc2c(c1)CCC(C(C)C)C2C(C)C. The van der Waals surface area contributed by atoms with Crippen molar-refractivity contribution in [2.75, 3.05) is 7.11 Å². The molecule has 1 aromatic carbocycles. The highest BCUT2D eigenvalue weighted by molar-refractivity contribution is 5.89. The van der Waals surface area contributed by atoms with E-state index in [1.54, 1.807) is 0 Å². The molecule has 2 nitrogen and oxygen atoms in total. The maximum absolute atomic E-state index is 11.7. The average Bonchev–Trinajstić information content (AvgIpc) is 2.44. The van der Waals surface area contributed by atoms with Gasteiger partial charge in [0.2, 0.25) is 0 Å². The molecular formula is C18H26O2.